The molecule has 0 N–H and O–H groups in total. The average molecular weight is 297 g/mol. The van der Waals surface area contributed by atoms with Crippen LogP contribution in [0.3, 0.4) is 0 Å². The van der Waals surface area contributed by atoms with Crippen LogP contribution in [0, 0.1) is 17.8 Å². The summed E-state index contributed by atoms with van der Waals surface area (Å²) < 4.78 is 5.89. The molecule has 3 unspecified atom stereocenters. The summed E-state index contributed by atoms with van der Waals surface area (Å²) >= 11 is 6.79. The van der Waals surface area contributed by atoms with Crippen LogP contribution >= 0.6 is 11.6 Å². The van der Waals surface area contributed by atoms with Crippen LogP contribution in [0.2, 0.25) is 0 Å². The van der Waals surface area contributed by atoms with Crippen LogP contribution in [0.5, 0.6) is 0 Å². The summed E-state index contributed by atoms with van der Waals surface area (Å²) in [5, 5.41) is 2.55. The highest BCUT2D eigenvalue weighted by Crippen LogP contribution is 2.63. The maximum absolute atomic E-state index is 6.79. The summed E-state index contributed by atoms with van der Waals surface area (Å²) in [4.78, 5) is 0. The summed E-state index contributed by atoms with van der Waals surface area (Å²) in [6.45, 7) is 0. The van der Waals surface area contributed by atoms with Gasteiger partial charge in [-0.1, -0.05) is 30.7 Å². The van der Waals surface area contributed by atoms with E-state index in [1.54, 1.807) is 0 Å². The first kappa shape index (κ1) is 12.1. The van der Waals surface area contributed by atoms with Gasteiger partial charge in [-0.2, -0.15) is 0 Å². The molecule has 0 spiro atoms. The van der Waals surface area contributed by atoms with Crippen LogP contribution in [0.4, 0.5) is 0 Å². The van der Waals surface area contributed by atoms with E-state index >= 15 is 0 Å². The predicted molar refractivity (Wildman–Crippen MR) is 86.6 cm³/mol. The predicted octanol–water partition coefficient (Wildman–Crippen LogP) is 5.91. The number of alkyl halides is 1. The van der Waals surface area contributed by atoms with Crippen molar-refractivity contribution in [1.29, 1.82) is 0 Å². The number of hydrogen-bond acceptors (Lipinski definition) is 1. The lowest BCUT2D eigenvalue weighted by Gasteiger charge is -2.12. The van der Waals surface area contributed by atoms with Crippen LogP contribution in [0.25, 0.3) is 21.9 Å². The minimum atomic E-state index is 0.165. The molecule has 2 aliphatic carbocycles. The highest BCUT2D eigenvalue weighted by atomic mass is 35.5. The van der Waals surface area contributed by atoms with E-state index in [9.17, 15) is 0 Å². The van der Waals surface area contributed by atoms with Crippen molar-refractivity contribution in [3.8, 4) is 0 Å². The molecule has 3 atom stereocenters. The van der Waals surface area contributed by atoms with Crippen LogP contribution in [0.1, 0.15) is 30.2 Å². The van der Waals surface area contributed by atoms with Gasteiger partial charge in [-0.3, -0.25) is 0 Å². The zero-order valence-electron chi connectivity index (χ0n) is 11.8. The number of halogens is 1. The third kappa shape index (κ3) is 1.70. The number of hydrogen-bond donors (Lipinski definition) is 0. The van der Waals surface area contributed by atoms with Gasteiger partial charge in [-0.05, 0) is 54.4 Å². The van der Waals surface area contributed by atoms with Gasteiger partial charge in [-0.25, -0.2) is 0 Å². The standard InChI is InChI=1S/C19H17ClO/c20-19(18-13-5-3-6-14(13)18)11-8-9-17-15(10-11)12-4-1-2-7-16(12)21-17/h1-2,4,7-10,13-14,18-19H,3,5-6H2. The third-order valence-corrected chi connectivity index (χ3v) is 6.07. The second-order valence-electron chi connectivity index (χ2n) is 6.59. The SMILES string of the molecule is ClC(c1ccc2oc3ccccc3c2c1)C1C2CCCC21. The van der Waals surface area contributed by atoms with E-state index in [4.69, 9.17) is 16.0 Å². The fourth-order valence-corrected chi connectivity index (χ4v) is 4.96. The van der Waals surface area contributed by atoms with Gasteiger partial charge in [0.2, 0.25) is 0 Å². The molecule has 2 aromatic carbocycles. The van der Waals surface area contributed by atoms with E-state index in [1.807, 2.05) is 12.1 Å². The number of furan rings is 1. The molecule has 2 aliphatic rings. The maximum atomic E-state index is 6.79. The van der Waals surface area contributed by atoms with Gasteiger partial charge in [0.1, 0.15) is 11.2 Å². The summed E-state index contributed by atoms with van der Waals surface area (Å²) in [6, 6.07) is 14.7. The number of benzene rings is 2. The van der Waals surface area contributed by atoms with E-state index in [0.717, 1.165) is 23.0 Å². The summed E-state index contributed by atoms with van der Waals surface area (Å²) in [7, 11) is 0. The van der Waals surface area contributed by atoms with Crippen LogP contribution in [-0.4, -0.2) is 0 Å². The first-order valence-corrected chi connectivity index (χ1v) is 8.32. The smallest absolute Gasteiger partial charge is 0.135 e. The Hall–Kier alpha value is -1.47. The second-order valence-corrected chi connectivity index (χ2v) is 7.06. The molecule has 0 amide bonds. The fraction of sp³-hybridized carbons (Fsp3) is 0.368. The quantitative estimate of drug-likeness (QED) is 0.536. The highest BCUT2D eigenvalue weighted by Gasteiger charge is 2.55. The van der Waals surface area contributed by atoms with Gasteiger partial charge in [0.25, 0.3) is 0 Å². The van der Waals surface area contributed by atoms with Crippen molar-refractivity contribution in [3.05, 3.63) is 48.0 Å². The molecule has 2 saturated carbocycles. The molecule has 0 bridgehead atoms. The molecule has 2 heteroatoms. The lowest BCUT2D eigenvalue weighted by Crippen LogP contribution is -1.98. The molecular formula is C19H17ClO. The van der Waals surface area contributed by atoms with Crippen molar-refractivity contribution in [1.82, 2.24) is 0 Å². The average Bonchev–Trinajstić information content (AvgIpc) is 2.88. The summed E-state index contributed by atoms with van der Waals surface area (Å²) in [5.41, 5.74) is 3.17. The first-order valence-electron chi connectivity index (χ1n) is 7.88. The molecule has 106 valence electrons. The van der Waals surface area contributed by atoms with Gasteiger partial charge in [0.05, 0.1) is 5.38 Å². The molecule has 1 heterocycles. The Morgan fingerprint density at radius 2 is 1.71 bits per heavy atom. The Kier molecular flexibility index (Phi) is 2.46. The van der Waals surface area contributed by atoms with E-state index in [0.29, 0.717) is 5.92 Å². The molecule has 3 aromatic rings. The lowest BCUT2D eigenvalue weighted by atomic mass is 10.0. The summed E-state index contributed by atoms with van der Waals surface area (Å²) in [6.07, 6.45) is 4.17. The van der Waals surface area contributed by atoms with Crippen molar-refractivity contribution in [2.45, 2.75) is 24.6 Å². The first-order chi connectivity index (χ1) is 10.3. The molecule has 0 saturated heterocycles. The van der Waals surface area contributed by atoms with Gasteiger partial charge in [0, 0.05) is 10.8 Å². The van der Waals surface area contributed by atoms with Gasteiger partial charge in [-0.15, -0.1) is 11.6 Å². The molecular weight excluding hydrogens is 280 g/mol. The van der Waals surface area contributed by atoms with Crippen molar-refractivity contribution in [2.75, 3.05) is 0 Å². The second kappa shape index (κ2) is 4.27. The van der Waals surface area contributed by atoms with Gasteiger partial charge < -0.3 is 4.42 Å². The maximum Gasteiger partial charge on any atom is 0.135 e. The van der Waals surface area contributed by atoms with Crippen molar-refractivity contribution in [2.24, 2.45) is 17.8 Å². The molecule has 0 aliphatic heterocycles. The van der Waals surface area contributed by atoms with Crippen LogP contribution < -0.4 is 0 Å². The Morgan fingerprint density at radius 1 is 0.952 bits per heavy atom. The van der Waals surface area contributed by atoms with Crippen LogP contribution in [-0.2, 0) is 0 Å². The molecule has 2 fully saturated rings. The van der Waals surface area contributed by atoms with Crippen molar-refractivity contribution < 1.29 is 4.42 Å². The van der Waals surface area contributed by atoms with Crippen molar-refractivity contribution in [3.63, 3.8) is 0 Å². The number of rotatable bonds is 2. The van der Waals surface area contributed by atoms with E-state index in [1.165, 1.54) is 35.6 Å². The molecule has 5 rings (SSSR count). The zero-order valence-corrected chi connectivity index (χ0v) is 12.5. The topological polar surface area (TPSA) is 13.1 Å². The number of para-hydroxylation sites is 1. The fourth-order valence-electron chi connectivity index (χ4n) is 4.45. The molecule has 1 nitrogen and oxygen atoms in total. The largest absolute Gasteiger partial charge is 0.456 e. The van der Waals surface area contributed by atoms with E-state index in [-0.39, 0.29) is 5.38 Å². The Balaban J connectivity index is 1.59. The Labute approximate surface area is 128 Å². The Bertz CT molecular complexity index is 824. The minimum absolute atomic E-state index is 0.165. The van der Waals surface area contributed by atoms with Gasteiger partial charge >= 0.3 is 0 Å². The number of fused-ring (bicyclic) bond motifs is 4. The normalized spacial score (nSPS) is 28.9. The minimum Gasteiger partial charge on any atom is -0.456 e. The molecule has 21 heavy (non-hydrogen) atoms. The van der Waals surface area contributed by atoms with E-state index in [2.05, 4.69) is 30.3 Å². The molecule has 0 radical (unpaired) electrons. The van der Waals surface area contributed by atoms with Crippen molar-refractivity contribution >= 4 is 33.5 Å². The zero-order chi connectivity index (χ0) is 14.0. The lowest BCUT2D eigenvalue weighted by molar-refractivity contribution is 0.574. The van der Waals surface area contributed by atoms with Crippen LogP contribution in [0.15, 0.2) is 46.9 Å². The molecule has 1 aromatic heterocycles. The third-order valence-electron chi connectivity index (χ3n) is 5.53. The Morgan fingerprint density at radius 3 is 2.57 bits per heavy atom. The summed E-state index contributed by atoms with van der Waals surface area (Å²) in [5.74, 6) is 2.49. The highest BCUT2D eigenvalue weighted by molar-refractivity contribution is 6.21. The van der Waals surface area contributed by atoms with E-state index < -0.39 is 0 Å². The van der Waals surface area contributed by atoms with Gasteiger partial charge in [0.15, 0.2) is 0 Å². The monoisotopic (exact) mass is 296 g/mol.